The molecule has 1 aliphatic heterocycles. The molecule has 136 valence electrons. The summed E-state index contributed by atoms with van der Waals surface area (Å²) in [6, 6.07) is 7.58. The van der Waals surface area contributed by atoms with E-state index >= 15 is 0 Å². The van der Waals surface area contributed by atoms with Gasteiger partial charge in [0.2, 0.25) is 0 Å². The van der Waals surface area contributed by atoms with Crippen LogP contribution in [-0.4, -0.2) is 41.2 Å². The number of aromatic amines is 1. The molecule has 1 aromatic carbocycles. The third-order valence-electron chi connectivity index (χ3n) is 5.39. The van der Waals surface area contributed by atoms with E-state index in [1.807, 2.05) is 36.1 Å². The van der Waals surface area contributed by atoms with Gasteiger partial charge in [-0.15, -0.1) is 0 Å². The molecule has 1 fully saturated rings. The molecule has 1 unspecified atom stereocenters. The summed E-state index contributed by atoms with van der Waals surface area (Å²) in [5.41, 5.74) is 4.01. The average Bonchev–Trinajstić information content (AvgIpc) is 2.99. The number of benzene rings is 1. The van der Waals surface area contributed by atoms with E-state index in [9.17, 15) is 9.59 Å². The van der Waals surface area contributed by atoms with E-state index in [2.05, 4.69) is 10.3 Å². The number of ketones is 1. The highest BCUT2D eigenvalue weighted by molar-refractivity contribution is 6.30. The Morgan fingerprint density at radius 2 is 2.15 bits per heavy atom. The Hall–Kier alpha value is -2.11. The molecule has 0 bridgehead atoms. The van der Waals surface area contributed by atoms with Crippen molar-refractivity contribution < 1.29 is 9.59 Å². The Morgan fingerprint density at radius 3 is 2.92 bits per heavy atom. The van der Waals surface area contributed by atoms with Gasteiger partial charge in [0.15, 0.2) is 5.78 Å². The van der Waals surface area contributed by atoms with Crippen LogP contribution < -0.4 is 5.32 Å². The topological polar surface area (TPSA) is 65.2 Å². The third kappa shape index (κ3) is 2.95. The fourth-order valence-corrected chi connectivity index (χ4v) is 4.29. The SMILES string of the molecule is Cc1c(C(=O)N2CCNCC2c2cccc(Cl)c2)[nH]c2c1C(=O)CCC2. The molecule has 2 heterocycles. The summed E-state index contributed by atoms with van der Waals surface area (Å²) in [5.74, 6) is 0.0990. The number of rotatable bonds is 2. The van der Waals surface area contributed by atoms with E-state index in [0.29, 0.717) is 30.2 Å². The van der Waals surface area contributed by atoms with E-state index < -0.39 is 0 Å². The molecule has 1 atom stereocenters. The van der Waals surface area contributed by atoms with Crippen LogP contribution in [0.5, 0.6) is 0 Å². The highest BCUT2D eigenvalue weighted by Crippen LogP contribution is 2.30. The fourth-order valence-electron chi connectivity index (χ4n) is 4.09. The first-order valence-electron chi connectivity index (χ1n) is 9.08. The lowest BCUT2D eigenvalue weighted by atomic mass is 9.93. The quantitative estimate of drug-likeness (QED) is 0.851. The van der Waals surface area contributed by atoms with Crippen LogP contribution >= 0.6 is 11.6 Å². The van der Waals surface area contributed by atoms with Crippen molar-refractivity contribution in [3.05, 3.63) is 57.4 Å². The summed E-state index contributed by atoms with van der Waals surface area (Å²) < 4.78 is 0. The minimum absolute atomic E-state index is 0.0452. The van der Waals surface area contributed by atoms with Crippen molar-refractivity contribution in [2.45, 2.75) is 32.2 Å². The van der Waals surface area contributed by atoms with Crippen molar-refractivity contribution in [1.82, 2.24) is 15.2 Å². The van der Waals surface area contributed by atoms with Gasteiger partial charge in [-0.3, -0.25) is 9.59 Å². The maximum absolute atomic E-state index is 13.3. The summed E-state index contributed by atoms with van der Waals surface area (Å²) in [7, 11) is 0. The zero-order valence-electron chi connectivity index (χ0n) is 14.8. The molecule has 1 aliphatic carbocycles. The van der Waals surface area contributed by atoms with Crippen LogP contribution in [0.1, 0.15) is 56.6 Å². The summed E-state index contributed by atoms with van der Waals surface area (Å²) in [5, 5.41) is 4.02. The number of aryl methyl sites for hydroxylation is 1. The predicted molar refractivity (Wildman–Crippen MR) is 101 cm³/mol. The number of hydrogen-bond acceptors (Lipinski definition) is 3. The number of H-pyrrole nitrogens is 1. The highest BCUT2D eigenvalue weighted by Gasteiger charge is 2.33. The van der Waals surface area contributed by atoms with E-state index in [0.717, 1.165) is 41.8 Å². The second-order valence-corrected chi connectivity index (χ2v) is 7.47. The molecule has 6 heteroatoms. The van der Waals surface area contributed by atoms with Gasteiger partial charge in [-0.2, -0.15) is 0 Å². The van der Waals surface area contributed by atoms with Gasteiger partial charge in [0, 0.05) is 42.3 Å². The minimum Gasteiger partial charge on any atom is -0.354 e. The zero-order valence-corrected chi connectivity index (χ0v) is 15.5. The van der Waals surface area contributed by atoms with E-state index in [1.54, 1.807) is 0 Å². The van der Waals surface area contributed by atoms with Crippen molar-refractivity contribution in [2.24, 2.45) is 0 Å². The first-order valence-corrected chi connectivity index (χ1v) is 9.46. The number of carbonyl (C=O) groups excluding carboxylic acids is 2. The van der Waals surface area contributed by atoms with Crippen LogP contribution in [0, 0.1) is 6.92 Å². The number of Topliss-reactive ketones (excluding diaryl/α,β-unsaturated/α-hetero) is 1. The number of amides is 1. The molecule has 1 aromatic heterocycles. The number of fused-ring (bicyclic) bond motifs is 1. The Kier molecular flexibility index (Phi) is 4.59. The number of aromatic nitrogens is 1. The molecular weight excluding hydrogens is 350 g/mol. The largest absolute Gasteiger partial charge is 0.354 e. The van der Waals surface area contributed by atoms with Crippen molar-refractivity contribution in [1.29, 1.82) is 0 Å². The van der Waals surface area contributed by atoms with Gasteiger partial charge in [-0.1, -0.05) is 23.7 Å². The summed E-state index contributed by atoms with van der Waals surface area (Å²) in [4.78, 5) is 30.7. The molecule has 5 nitrogen and oxygen atoms in total. The first kappa shape index (κ1) is 17.3. The van der Waals surface area contributed by atoms with Crippen LogP contribution in [0.3, 0.4) is 0 Å². The fraction of sp³-hybridized carbons (Fsp3) is 0.400. The maximum atomic E-state index is 13.3. The highest BCUT2D eigenvalue weighted by atomic mass is 35.5. The lowest BCUT2D eigenvalue weighted by Gasteiger charge is -2.36. The Labute approximate surface area is 157 Å². The van der Waals surface area contributed by atoms with Crippen LogP contribution in [0.4, 0.5) is 0 Å². The summed E-state index contributed by atoms with van der Waals surface area (Å²) in [6.45, 7) is 3.93. The lowest BCUT2D eigenvalue weighted by Crippen LogP contribution is -2.49. The van der Waals surface area contributed by atoms with Crippen LogP contribution in [0.25, 0.3) is 0 Å². The molecule has 2 aromatic rings. The molecule has 4 rings (SSSR count). The van der Waals surface area contributed by atoms with Crippen molar-refractivity contribution >= 4 is 23.3 Å². The van der Waals surface area contributed by atoms with Gasteiger partial charge in [0.25, 0.3) is 5.91 Å². The van der Waals surface area contributed by atoms with Crippen LogP contribution in [-0.2, 0) is 6.42 Å². The summed E-state index contributed by atoms with van der Waals surface area (Å²) >= 11 is 6.15. The lowest BCUT2D eigenvalue weighted by molar-refractivity contribution is 0.0628. The average molecular weight is 372 g/mol. The minimum atomic E-state index is -0.0784. The standard InChI is InChI=1S/C20H22ClN3O2/c1-12-18-15(6-3-7-17(18)25)23-19(12)20(26)24-9-8-22-11-16(24)13-4-2-5-14(21)10-13/h2,4-5,10,16,22-23H,3,6-9,11H2,1H3. The molecule has 2 N–H and O–H groups in total. The second kappa shape index (κ2) is 6.89. The molecule has 0 spiro atoms. The number of nitrogens with zero attached hydrogens (tertiary/aromatic N) is 1. The van der Waals surface area contributed by atoms with Crippen LogP contribution in [0.2, 0.25) is 5.02 Å². The predicted octanol–water partition coefficient (Wildman–Crippen LogP) is 3.28. The number of nitrogens with one attached hydrogen (secondary N) is 2. The van der Waals surface area contributed by atoms with Crippen molar-refractivity contribution in [3.63, 3.8) is 0 Å². The monoisotopic (exact) mass is 371 g/mol. The van der Waals surface area contributed by atoms with Gasteiger partial charge in [-0.05, 0) is 43.0 Å². The Balaban J connectivity index is 1.69. The summed E-state index contributed by atoms with van der Waals surface area (Å²) in [6.07, 6.45) is 2.24. The van der Waals surface area contributed by atoms with Gasteiger partial charge >= 0.3 is 0 Å². The number of hydrogen-bond donors (Lipinski definition) is 2. The molecule has 0 saturated carbocycles. The Bertz CT molecular complexity index is 874. The Morgan fingerprint density at radius 1 is 1.31 bits per heavy atom. The normalized spacial score (nSPS) is 20.2. The molecule has 26 heavy (non-hydrogen) atoms. The van der Waals surface area contributed by atoms with E-state index in [-0.39, 0.29) is 17.7 Å². The van der Waals surface area contributed by atoms with Gasteiger partial charge < -0.3 is 15.2 Å². The van der Waals surface area contributed by atoms with Crippen LogP contribution in [0.15, 0.2) is 24.3 Å². The first-order chi connectivity index (χ1) is 12.6. The number of carbonyl (C=O) groups is 2. The van der Waals surface area contributed by atoms with Crippen molar-refractivity contribution in [3.8, 4) is 0 Å². The number of piperazine rings is 1. The molecular formula is C20H22ClN3O2. The maximum Gasteiger partial charge on any atom is 0.271 e. The van der Waals surface area contributed by atoms with Gasteiger partial charge in [-0.25, -0.2) is 0 Å². The van der Waals surface area contributed by atoms with Gasteiger partial charge in [0.05, 0.1) is 6.04 Å². The molecule has 1 amide bonds. The number of halogens is 1. The third-order valence-corrected chi connectivity index (χ3v) is 5.62. The van der Waals surface area contributed by atoms with Gasteiger partial charge in [0.1, 0.15) is 5.69 Å². The molecule has 2 aliphatic rings. The zero-order chi connectivity index (χ0) is 18.3. The van der Waals surface area contributed by atoms with Crippen molar-refractivity contribution in [2.75, 3.05) is 19.6 Å². The smallest absolute Gasteiger partial charge is 0.271 e. The second-order valence-electron chi connectivity index (χ2n) is 7.03. The molecule has 0 radical (unpaired) electrons. The molecule has 1 saturated heterocycles. The van der Waals surface area contributed by atoms with E-state index in [4.69, 9.17) is 11.6 Å². The van der Waals surface area contributed by atoms with E-state index in [1.165, 1.54) is 0 Å².